The van der Waals surface area contributed by atoms with Crippen molar-refractivity contribution in [3.63, 3.8) is 0 Å². The average Bonchev–Trinajstić information content (AvgIpc) is 3.13. The lowest BCUT2D eigenvalue weighted by molar-refractivity contribution is 0.0964. The summed E-state index contributed by atoms with van der Waals surface area (Å²) in [4.78, 5) is 8.06. The van der Waals surface area contributed by atoms with Crippen LogP contribution in [-0.2, 0) is 4.84 Å². The Balaban J connectivity index is 1.82. The van der Waals surface area contributed by atoms with Gasteiger partial charge in [0.2, 0.25) is 0 Å². The highest BCUT2D eigenvalue weighted by atomic mass is 79.9. The van der Waals surface area contributed by atoms with Gasteiger partial charge in [0.25, 0.3) is 5.85 Å². The number of benzene rings is 1. The van der Waals surface area contributed by atoms with Gasteiger partial charge in [-0.05, 0) is 44.2 Å². The van der Waals surface area contributed by atoms with E-state index in [-0.39, 0.29) is 5.60 Å². The van der Waals surface area contributed by atoms with Crippen LogP contribution in [0.2, 0.25) is 0 Å². The monoisotopic (exact) mass is 334 g/mol. The molecule has 4 nitrogen and oxygen atoms in total. The number of hydroxylamine groups is 2. The maximum atomic E-state index is 6.08. The van der Waals surface area contributed by atoms with Crippen LogP contribution in [0, 0.1) is 0 Å². The molecule has 0 radical (unpaired) electrons. The summed E-state index contributed by atoms with van der Waals surface area (Å²) in [6, 6.07) is 6.07. The largest absolute Gasteiger partial charge is 0.484 e. The maximum absolute atomic E-state index is 6.08. The smallest absolute Gasteiger partial charge is 0.288 e. The molecule has 0 N–H and O–H groups in total. The molecular weight excluding hydrogens is 320 g/mol. The molecule has 1 fully saturated rings. The molecule has 0 spiro atoms. The molecule has 3 aliphatic rings. The molecule has 0 aromatic heterocycles. The fraction of sp³-hybridized carbons (Fsp3) is 0.333. The molecule has 1 aromatic rings. The highest BCUT2D eigenvalue weighted by Gasteiger charge is 2.60. The predicted octanol–water partition coefficient (Wildman–Crippen LogP) is 3.41. The zero-order valence-electron chi connectivity index (χ0n) is 11.3. The molecule has 0 bridgehead atoms. The third kappa shape index (κ3) is 1.70. The third-order valence-corrected chi connectivity index (χ3v) is 4.18. The van der Waals surface area contributed by atoms with Gasteiger partial charge < -0.3 is 9.64 Å². The number of anilines is 1. The van der Waals surface area contributed by atoms with E-state index in [0.29, 0.717) is 0 Å². The first kappa shape index (κ1) is 12.3. The Morgan fingerprint density at radius 1 is 1.25 bits per heavy atom. The lowest BCUT2D eigenvalue weighted by atomic mass is 10.0. The number of hydrogen-bond acceptors (Lipinski definition) is 4. The van der Waals surface area contributed by atoms with Crippen LogP contribution >= 0.6 is 15.9 Å². The Kier molecular flexibility index (Phi) is 2.34. The fourth-order valence-corrected chi connectivity index (χ4v) is 3.15. The minimum atomic E-state index is -0.495. The number of fused-ring (bicyclic) bond motifs is 2. The second-order valence-corrected chi connectivity index (χ2v) is 6.75. The van der Waals surface area contributed by atoms with Crippen molar-refractivity contribution in [2.45, 2.75) is 25.3 Å². The Bertz CT molecular complexity index is 641. The van der Waals surface area contributed by atoms with Crippen molar-refractivity contribution in [3.05, 3.63) is 47.1 Å². The first-order valence-corrected chi connectivity index (χ1v) is 7.40. The molecule has 4 rings (SSSR count). The van der Waals surface area contributed by atoms with Crippen LogP contribution in [0.5, 0.6) is 5.75 Å². The van der Waals surface area contributed by atoms with Gasteiger partial charge in [0.05, 0.1) is 12.2 Å². The number of halogens is 1. The standard InChI is InChI=1S/C15H15BrN2O2/c1-14(2)10-17(15-7-3-4-8-18(15)20-15)12-9-11(16)5-6-13(12)19-14/h3-9H,10H2,1-2H3. The summed E-state index contributed by atoms with van der Waals surface area (Å²) in [5, 5.41) is 1.86. The van der Waals surface area contributed by atoms with E-state index in [9.17, 15) is 0 Å². The van der Waals surface area contributed by atoms with Gasteiger partial charge in [-0.3, -0.25) is 0 Å². The van der Waals surface area contributed by atoms with E-state index in [1.165, 1.54) is 0 Å². The highest BCUT2D eigenvalue weighted by molar-refractivity contribution is 9.10. The van der Waals surface area contributed by atoms with Crippen molar-refractivity contribution in [1.29, 1.82) is 0 Å². The van der Waals surface area contributed by atoms with Crippen LogP contribution < -0.4 is 9.64 Å². The molecule has 3 heterocycles. The molecule has 1 aromatic carbocycles. The quantitative estimate of drug-likeness (QED) is 0.735. The van der Waals surface area contributed by atoms with Crippen molar-refractivity contribution in [3.8, 4) is 5.75 Å². The summed E-state index contributed by atoms with van der Waals surface area (Å²) < 4.78 is 7.11. The normalized spacial score (nSPS) is 28.8. The minimum Gasteiger partial charge on any atom is -0.484 e. The van der Waals surface area contributed by atoms with Crippen molar-refractivity contribution in [2.24, 2.45) is 0 Å². The van der Waals surface area contributed by atoms with Crippen molar-refractivity contribution in [1.82, 2.24) is 5.06 Å². The molecule has 1 atom stereocenters. The summed E-state index contributed by atoms with van der Waals surface area (Å²) in [5.41, 5.74) is 0.781. The van der Waals surface area contributed by atoms with Crippen LogP contribution in [0.15, 0.2) is 47.1 Å². The summed E-state index contributed by atoms with van der Waals surface area (Å²) >= 11 is 3.53. The second-order valence-electron chi connectivity index (χ2n) is 5.84. The fourth-order valence-electron chi connectivity index (χ4n) is 2.80. The second kappa shape index (κ2) is 3.80. The zero-order chi connectivity index (χ0) is 14.0. The number of nitrogens with zero attached hydrogens (tertiary/aromatic N) is 2. The van der Waals surface area contributed by atoms with Gasteiger partial charge in [0, 0.05) is 10.7 Å². The van der Waals surface area contributed by atoms with Gasteiger partial charge in [-0.1, -0.05) is 22.0 Å². The Hall–Kier alpha value is -1.46. The Morgan fingerprint density at radius 2 is 2.10 bits per heavy atom. The first-order chi connectivity index (χ1) is 9.50. The van der Waals surface area contributed by atoms with E-state index in [2.05, 4.69) is 46.8 Å². The van der Waals surface area contributed by atoms with Crippen LogP contribution in [0.1, 0.15) is 13.8 Å². The first-order valence-electron chi connectivity index (χ1n) is 6.61. The molecule has 3 aliphatic heterocycles. The zero-order valence-corrected chi connectivity index (χ0v) is 12.9. The Labute approximate surface area is 126 Å². The van der Waals surface area contributed by atoms with E-state index in [0.717, 1.165) is 22.5 Å². The van der Waals surface area contributed by atoms with Crippen molar-refractivity contribution >= 4 is 21.6 Å². The summed E-state index contributed by atoms with van der Waals surface area (Å²) in [6.07, 6.45) is 8.00. The number of ether oxygens (including phenoxy) is 1. The van der Waals surface area contributed by atoms with E-state index in [1.807, 2.05) is 35.5 Å². The average molecular weight is 335 g/mol. The lowest BCUT2D eigenvalue weighted by Crippen LogP contribution is -2.53. The molecule has 0 aliphatic carbocycles. The van der Waals surface area contributed by atoms with Crippen LogP contribution in [0.25, 0.3) is 0 Å². The van der Waals surface area contributed by atoms with Gasteiger partial charge in [0.1, 0.15) is 11.4 Å². The highest BCUT2D eigenvalue weighted by Crippen LogP contribution is 2.50. The van der Waals surface area contributed by atoms with Gasteiger partial charge in [0.15, 0.2) is 0 Å². The summed E-state index contributed by atoms with van der Waals surface area (Å²) in [5.74, 6) is 0.392. The van der Waals surface area contributed by atoms with Crippen molar-refractivity contribution < 1.29 is 9.57 Å². The molecule has 1 saturated heterocycles. The van der Waals surface area contributed by atoms with Crippen LogP contribution in [0.3, 0.4) is 0 Å². The summed E-state index contributed by atoms with van der Waals surface area (Å²) in [6.45, 7) is 4.94. The predicted molar refractivity (Wildman–Crippen MR) is 80.1 cm³/mol. The molecular formula is C15H15BrN2O2. The molecule has 0 saturated carbocycles. The lowest BCUT2D eigenvalue weighted by Gasteiger charge is -2.42. The van der Waals surface area contributed by atoms with Crippen LogP contribution in [-0.4, -0.2) is 23.1 Å². The van der Waals surface area contributed by atoms with Gasteiger partial charge in [-0.25, -0.2) is 4.84 Å². The third-order valence-electron chi connectivity index (χ3n) is 3.69. The van der Waals surface area contributed by atoms with E-state index >= 15 is 0 Å². The molecule has 20 heavy (non-hydrogen) atoms. The van der Waals surface area contributed by atoms with E-state index < -0.39 is 5.85 Å². The van der Waals surface area contributed by atoms with Gasteiger partial charge >= 0.3 is 0 Å². The Morgan fingerprint density at radius 3 is 2.90 bits per heavy atom. The number of allylic oxidation sites excluding steroid dienone is 2. The summed E-state index contributed by atoms with van der Waals surface area (Å²) in [7, 11) is 0. The minimum absolute atomic E-state index is 0.262. The molecule has 1 unspecified atom stereocenters. The molecule has 0 amide bonds. The molecule has 5 heteroatoms. The van der Waals surface area contributed by atoms with Gasteiger partial charge in [-0.2, -0.15) is 5.06 Å². The number of hydrogen-bond donors (Lipinski definition) is 0. The maximum Gasteiger partial charge on any atom is 0.288 e. The van der Waals surface area contributed by atoms with Crippen molar-refractivity contribution in [2.75, 3.05) is 11.4 Å². The number of rotatable bonds is 1. The van der Waals surface area contributed by atoms with Crippen LogP contribution in [0.4, 0.5) is 5.69 Å². The SMILES string of the molecule is CC1(C)CN(C23C=CC=CN2O3)c2cc(Br)ccc2O1. The van der Waals surface area contributed by atoms with Gasteiger partial charge in [-0.15, -0.1) is 0 Å². The van der Waals surface area contributed by atoms with E-state index in [4.69, 9.17) is 9.57 Å². The van der Waals surface area contributed by atoms with E-state index in [1.54, 1.807) is 0 Å². The topological polar surface area (TPSA) is 28.0 Å². The molecule has 104 valence electrons.